The van der Waals surface area contributed by atoms with Crippen LogP contribution in [-0.2, 0) is 6.42 Å². The zero-order chi connectivity index (χ0) is 23.0. The number of benzene rings is 2. The van der Waals surface area contributed by atoms with Crippen LogP contribution in [0.4, 0.5) is 24.0 Å². The quantitative estimate of drug-likeness (QED) is 0.399. The molecule has 32 heavy (non-hydrogen) atoms. The molecule has 1 atom stereocenters. The lowest BCUT2D eigenvalue weighted by atomic mass is 10.2. The van der Waals surface area contributed by atoms with Crippen LogP contribution in [0.2, 0.25) is 0 Å². The summed E-state index contributed by atoms with van der Waals surface area (Å²) in [6.07, 6.45) is -5.14. The van der Waals surface area contributed by atoms with E-state index in [4.69, 9.17) is 10.00 Å². The van der Waals surface area contributed by atoms with Crippen molar-refractivity contribution in [2.75, 3.05) is 17.7 Å². The molecule has 0 fully saturated rings. The molecule has 0 amide bonds. The van der Waals surface area contributed by atoms with E-state index < -0.39 is 12.5 Å². The number of aromatic nitrogens is 2. The minimum Gasteiger partial charge on any atom is -0.491 e. The van der Waals surface area contributed by atoms with E-state index in [0.29, 0.717) is 33.1 Å². The van der Waals surface area contributed by atoms with E-state index in [1.54, 1.807) is 24.3 Å². The van der Waals surface area contributed by atoms with Gasteiger partial charge in [0.25, 0.3) is 0 Å². The molecule has 1 aromatic heterocycles. The van der Waals surface area contributed by atoms with Gasteiger partial charge in [-0.3, -0.25) is 0 Å². The Labute approximate surface area is 189 Å². The molecule has 2 N–H and O–H groups in total. The highest BCUT2D eigenvalue weighted by Crippen LogP contribution is 2.29. The van der Waals surface area contributed by atoms with Gasteiger partial charge in [0.05, 0.1) is 18.6 Å². The van der Waals surface area contributed by atoms with Gasteiger partial charge >= 0.3 is 6.36 Å². The second kappa shape index (κ2) is 11.0. The third-order valence-electron chi connectivity index (χ3n) is 3.79. The van der Waals surface area contributed by atoms with E-state index in [2.05, 4.69) is 26.3 Å². The lowest BCUT2D eigenvalue weighted by molar-refractivity contribution is -0.274. The molecular weight excluding hydrogens is 465 g/mol. The average Bonchev–Trinajstić information content (AvgIpc) is 3.20. The van der Waals surface area contributed by atoms with Gasteiger partial charge in [-0.1, -0.05) is 35.2 Å². The van der Waals surface area contributed by atoms with Crippen LogP contribution >= 0.6 is 23.1 Å². The third kappa shape index (κ3) is 7.92. The Balaban J connectivity index is 1.42. The zero-order valence-electron chi connectivity index (χ0n) is 16.4. The second-order valence-electron chi connectivity index (χ2n) is 6.32. The van der Waals surface area contributed by atoms with Crippen molar-refractivity contribution in [1.82, 2.24) is 10.2 Å². The zero-order valence-corrected chi connectivity index (χ0v) is 18.0. The summed E-state index contributed by atoms with van der Waals surface area (Å²) >= 11 is 2.55. The number of thioether (sulfide) groups is 1. The van der Waals surface area contributed by atoms with Gasteiger partial charge in [0, 0.05) is 11.4 Å². The van der Waals surface area contributed by atoms with Gasteiger partial charge in [0.2, 0.25) is 5.13 Å². The fourth-order valence-corrected chi connectivity index (χ4v) is 4.09. The van der Waals surface area contributed by atoms with Crippen LogP contribution in [0, 0.1) is 11.3 Å². The average molecular weight is 483 g/mol. The fraction of sp³-hybridized carbons (Fsp3) is 0.250. The van der Waals surface area contributed by atoms with Gasteiger partial charge in [0.15, 0.2) is 4.34 Å². The molecule has 0 radical (unpaired) electrons. The molecule has 0 unspecified atom stereocenters. The number of ether oxygens (including phenoxy) is 2. The molecule has 7 nitrogen and oxygen atoms in total. The Morgan fingerprint density at radius 1 is 1.09 bits per heavy atom. The van der Waals surface area contributed by atoms with Gasteiger partial charge < -0.3 is 19.9 Å². The number of aliphatic hydroxyl groups is 1. The largest absolute Gasteiger partial charge is 0.573 e. The first-order valence-electron chi connectivity index (χ1n) is 9.16. The van der Waals surface area contributed by atoms with E-state index in [1.807, 2.05) is 0 Å². The summed E-state index contributed by atoms with van der Waals surface area (Å²) in [5.74, 6) is 0.626. The maximum Gasteiger partial charge on any atom is 0.573 e. The van der Waals surface area contributed by atoms with Crippen molar-refractivity contribution in [1.29, 1.82) is 5.26 Å². The molecule has 1 heterocycles. The number of nitrogens with zero attached hydrogens (tertiary/aromatic N) is 3. The summed E-state index contributed by atoms with van der Waals surface area (Å²) < 4.78 is 46.6. The standard InChI is InChI=1S/C20H17F3N4O3S2/c21-20(22,23)30-17-7-3-14(4-8-17)25-18-26-27-19(32-18)31-12-15(28)11-29-16-5-1-13(2-6-16)9-10-24/h1-8,15,28H,9,11-12H2,(H,25,26)/t15-/m1/s1. The van der Waals surface area contributed by atoms with Crippen molar-refractivity contribution in [3.05, 3.63) is 54.1 Å². The molecule has 0 aliphatic heterocycles. The predicted octanol–water partition coefficient (Wildman–Crippen LogP) is 4.78. The van der Waals surface area contributed by atoms with E-state index in [0.717, 1.165) is 5.56 Å². The Hall–Kier alpha value is -3.01. The van der Waals surface area contributed by atoms with Crippen LogP contribution in [0.15, 0.2) is 52.9 Å². The molecule has 2 aromatic carbocycles. The summed E-state index contributed by atoms with van der Waals surface area (Å²) in [5.41, 5.74) is 1.42. The highest BCUT2D eigenvalue weighted by molar-refractivity contribution is 8.01. The van der Waals surface area contributed by atoms with Gasteiger partial charge in [-0.15, -0.1) is 23.4 Å². The van der Waals surface area contributed by atoms with Gasteiger partial charge in [0.1, 0.15) is 18.1 Å². The molecular formula is C20H17F3N4O3S2. The van der Waals surface area contributed by atoms with Gasteiger partial charge in [-0.05, 0) is 42.0 Å². The SMILES string of the molecule is N#CCc1ccc(OC[C@@H](O)CSc2nnc(Nc3ccc(OC(F)(F)F)cc3)s2)cc1. The smallest absolute Gasteiger partial charge is 0.491 e. The molecule has 168 valence electrons. The molecule has 0 bridgehead atoms. The molecule has 0 saturated heterocycles. The minimum atomic E-state index is -4.74. The number of nitrogens with one attached hydrogen (secondary N) is 1. The number of hydrogen-bond acceptors (Lipinski definition) is 9. The monoisotopic (exact) mass is 482 g/mol. The predicted molar refractivity (Wildman–Crippen MR) is 114 cm³/mol. The van der Waals surface area contributed by atoms with Crippen LogP contribution < -0.4 is 14.8 Å². The Morgan fingerprint density at radius 2 is 1.78 bits per heavy atom. The molecule has 0 aliphatic rings. The number of nitriles is 1. The number of anilines is 2. The first kappa shape index (κ1) is 23.6. The second-order valence-corrected chi connectivity index (χ2v) is 8.57. The van der Waals surface area contributed by atoms with E-state index in [-0.39, 0.29) is 12.4 Å². The minimum absolute atomic E-state index is 0.0981. The topological polar surface area (TPSA) is 100 Å². The van der Waals surface area contributed by atoms with Crippen LogP contribution in [0.5, 0.6) is 11.5 Å². The maximum absolute atomic E-state index is 12.2. The van der Waals surface area contributed by atoms with Gasteiger partial charge in [-0.25, -0.2) is 0 Å². The lowest BCUT2D eigenvalue weighted by Crippen LogP contribution is -2.20. The summed E-state index contributed by atoms with van der Waals surface area (Å²) in [6, 6.07) is 14.4. The highest BCUT2D eigenvalue weighted by Gasteiger charge is 2.30. The van der Waals surface area contributed by atoms with Crippen molar-refractivity contribution >= 4 is 33.9 Å². The normalized spacial score (nSPS) is 12.1. The van der Waals surface area contributed by atoms with Crippen LogP contribution in [0.3, 0.4) is 0 Å². The molecule has 3 rings (SSSR count). The van der Waals surface area contributed by atoms with Crippen LogP contribution in [0.25, 0.3) is 0 Å². The number of rotatable bonds is 10. The van der Waals surface area contributed by atoms with Crippen LogP contribution in [-0.4, -0.2) is 40.1 Å². The Kier molecular flexibility index (Phi) is 8.15. The fourth-order valence-electron chi connectivity index (χ4n) is 2.38. The van der Waals surface area contributed by atoms with Crippen LogP contribution in [0.1, 0.15) is 5.56 Å². The third-order valence-corrected chi connectivity index (χ3v) is 5.91. The van der Waals surface area contributed by atoms with Crippen molar-refractivity contribution in [2.45, 2.75) is 23.2 Å². The number of halogens is 3. The molecule has 0 aliphatic carbocycles. The van der Waals surface area contributed by atoms with E-state index >= 15 is 0 Å². The summed E-state index contributed by atoms with van der Waals surface area (Å²) in [4.78, 5) is 0. The molecule has 3 aromatic rings. The van der Waals surface area contributed by atoms with E-state index in [9.17, 15) is 18.3 Å². The summed E-state index contributed by atoms with van der Waals surface area (Å²) in [5, 5.41) is 30.2. The van der Waals surface area contributed by atoms with Crippen molar-refractivity contribution in [3.8, 4) is 17.6 Å². The number of hydrogen-bond donors (Lipinski definition) is 2. The van der Waals surface area contributed by atoms with Gasteiger partial charge in [-0.2, -0.15) is 5.26 Å². The number of aliphatic hydroxyl groups excluding tert-OH is 1. The Bertz CT molecular complexity index is 1040. The highest BCUT2D eigenvalue weighted by atomic mass is 32.2. The molecule has 0 saturated carbocycles. The first-order valence-corrected chi connectivity index (χ1v) is 11.0. The van der Waals surface area contributed by atoms with E-state index in [1.165, 1.54) is 47.4 Å². The first-order chi connectivity index (χ1) is 15.3. The molecule has 0 spiro atoms. The summed E-state index contributed by atoms with van der Waals surface area (Å²) in [6.45, 7) is 0.0981. The maximum atomic E-state index is 12.2. The van der Waals surface area contributed by atoms with Crippen molar-refractivity contribution in [3.63, 3.8) is 0 Å². The Morgan fingerprint density at radius 3 is 2.44 bits per heavy atom. The lowest BCUT2D eigenvalue weighted by Gasteiger charge is -2.11. The molecule has 12 heteroatoms. The van der Waals surface area contributed by atoms with Crippen molar-refractivity contribution in [2.24, 2.45) is 0 Å². The number of alkyl halides is 3. The summed E-state index contributed by atoms with van der Waals surface area (Å²) in [7, 11) is 0. The van der Waals surface area contributed by atoms with Crippen molar-refractivity contribution < 1.29 is 27.8 Å².